The largest absolute Gasteiger partial charge is 0.490 e. The summed E-state index contributed by atoms with van der Waals surface area (Å²) in [7, 11) is 0. The van der Waals surface area contributed by atoms with Crippen molar-refractivity contribution in [2.75, 3.05) is 11.9 Å². The third-order valence-corrected chi connectivity index (χ3v) is 3.63. The van der Waals surface area contributed by atoms with Gasteiger partial charge in [-0.25, -0.2) is 0 Å². The molecule has 0 unspecified atom stereocenters. The number of rotatable bonds is 5. The molecule has 1 amide bonds. The lowest BCUT2D eigenvalue weighted by molar-refractivity contribution is 0.102. The number of halogens is 3. The summed E-state index contributed by atoms with van der Waals surface area (Å²) in [6, 6.07) is 9.87. The number of hydrogen-bond acceptors (Lipinski definition) is 2. The first-order valence-electron chi connectivity index (χ1n) is 6.70. The molecule has 0 aliphatic heterocycles. The Morgan fingerprint density at radius 1 is 1.09 bits per heavy atom. The van der Waals surface area contributed by atoms with Gasteiger partial charge in [-0.2, -0.15) is 0 Å². The number of carbonyl (C=O) groups excluding carboxylic acids is 1. The van der Waals surface area contributed by atoms with E-state index in [0.717, 1.165) is 6.42 Å². The van der Waals surface area contributed by atoms with Crippen molar-refractivity contribution < 1.29 is 9.53 Å². The van der Waals surface area contributed by atoms with Gasteiger partial charge in [0.1, 0.15) is 0 Å². The van der Waals surface area contributed by atoms with E-state index in [4.69, 9.17) is 39.5 Å². The van der Waals surface area contributed by atoms with Crippen molar-refractivity contribution in [3.63, 3.8) is 0 Å². The number of benzene rings is 2. The molecule has 22 heavy (non-hydrogen) atoms. The van der Waals surface area contributed by atoms with E-state index in [9.17, 15) is 4.79 Å². The lowest BCUT2D eigenvalue weighted by Crippen LogP contribution is -2.12. The first kappa shape index (κ1) is 16.9. The van der Waals surface area contributed by atoms with Crippen LogP contribution >= 0.6 is 34.8 Å². The fourth-order valence-electron chi connectivity index (χ4n) is 1.77. The quantitative estimate of drug-likeness (QED) is 0.746. The molecule has 0 saturated heterocycles. The van der Waals surface area contributed by atoms with E-state index in [-0.39, 0.29) is 5.91 Å². The van der Waals surface area contributed by atoms with Gasteiger partial charge in [-0.1, -0.05) is 41.7 Å². The van der Waals surface area contributed by atoms with Gasteiger partial charge in [-0.05, 0) is 42.8 Å². The fourth-order valence-corrected chi connectivity index (χ4v) is 2.49. The minimum absolute atomic E-state index is 0.308. The lowest BCUT2D eigenvalue weighted by atomic mass is 10.2. The predicted octanol–water partition coefficient (Wildman–Crippen LogP) is 5.69. The summed E-state index contributed by atoms with van der Waals surface area (Å²) in [5.41, 5.74) is 0.988. The van der Waals surface area contributed by atoms with E-state index in [1.165, 1.54) is 12.1 Å². The second-order valence-corrected chi connectivity index (χ2v) is 5.83. The Balaban J connectivity index is 2.18. The molecule has 2 rings (SSSR count). The summed E-state index contributed by atoms with van der Waals surface area (Å²) in [6.45, 7) is 2.49. The Morgan fingerprint density at radius 2 is 1.68 bits per heavy atom. The molecule has 0 bridgehead atoms. The molecule has 116 valence electrons. The maximum absolute atomic E-state index is 12.2. The van der Waals surface area contributed by atoms with Crippen LogP contribution in [0.1, 0.15) is 23.7 Å². The summed E-state index contributed by atoms with van der Waals surface area (Å²) in [4.78, 5) is 12.2. The zero-order valence-electron chi connectivity index (χ0n) is 11.8. The standard InChI is InChI=1S/C16H14Cl3NO2/c1-2-7-22-15-13(18)8-10(9-14(15)19)16(21)20-12-5-3-11(17)4-6-12/h3-6,8-9H,2,7H2,1H3,(H,20,21). The second-order valence-electron chi connectivity index (χ2n) is 4.58. The maximum atomic E-state index is 12.2. The third-order valence-electron chi connectivity index (χ3n) is 2.81. The van der Waals surface area contributed by atoms with Crippen molar-refractivity contribution in [1.82, 2.24) is 0 Å². The highest BCUT2D eigenvalue weighted by atomic mass is 35.5. The van der Waals surface area contributed by atoms with Gasteiger partial charge in [-0.15, -0.1) is 0 Å². The number of anilines is 1. The van der Waals surface area contributed by atoms with Crippen molar-refractivity contribution in [3.05, 3.63) is 57.0 Å². The van der Waals surface area contributed by atoms with Crippen LogP contribution in [0.25, 0.3) is 0 Å². The number of amides is 1. The van der Waals surface area contributed by atoms with Crippen LogP contribution in [0.4, 0.5) is 5.69 Å². The van der Waals surface area contributed by atoms with Crippen LogP contribution < -0.4 is 10.1 Å². The van der Waals surface area contributed by atoms with E-state index in [2.05, 4.69) is 5.32 Å². The van der Waals surface area contributed by atoms with E-state index < -0.39 is 0 Å². The van der Waals surface area contributed by atoms with Crippen LogP contribution in [0.15, 0.2) is 36.4 Å². The predicted molar refractivity (Wildman–Crippen MR) is 91.7 cm³/mol. The minimum Gasteiger partial charge on any atom is -0.490 e. The van der Waals surface area contributed by atoms with Crippen LogP contribution in [-0.4, -0.2) is 12.5 Å². The topological polar surface area (TPSA) is 38.3 Å². The van der Waals surface area contributed by atoms with Gasteiger partial charge < -0.3 is 10.1 Å². The van der Waals surface area contributed by atoms with E-state index in [0.29, 0.717) is 38.7 Å². The molecule has 0 saturated carbocycles. The smallest absolute Gasteiger partial charge is 0.255 e. The SMILES string of the molecule is CCCOc1c(Cl)cc(C(=O)Nc2ccc(Cl)cc2)cc1Cl. The molecule has 0 aliphatic carbocycles. The molecular weight excluding hydrogens is 345 g/mol. The van der Waals surface area contributed by atoms with Gasteiger partial charge in [0, 0.05) is 16.3 Å². The number of ether oxygens (including phenoxy) is 1. The Hall–Kier alpha value is -1.42. The molecule has 0 spiro atoms. The molecule has 0 aliphatic rings. The molecule has 2 aromatic carbocycles. The normalized spacial score (nSPS) is 10.4. The number of carbonyl (C=O) groups is 1. The lowest BCUT2D eigenvalue weighted by Gasteiger charge is -2.11. The zero-order valence-corrected chi connectivity index (χ0v) is 14.1. The molecule has 0 radical (unpaired) electrons. The number of hydrogen-bond donors (Lipinski definition) is 1. The van der Waals surface area contributed by atoms with Gasteiger partial charge in [0.2, 0.25) is 0 Å². The van der Waals surface area contributed by atoms with Crippen LogP contribution in [-0.2, 0) is 0 Å². The molecule has 0 heterocycles. The Morgan fingerprint density at radius 3 is 2.23 bits per heavy atom. The van der Waals surface area contributed by atoms with Crippen molar-refractivity contribution in [3.8, 4) is 5.75 Å². The summed E-state index contributed by atoms with van der Waals surface area (Å²) in [5.74, 6) is 0.0846. The van der Waals surface area contributed by atoms with E-state index in [1.54, 1.807) is 24.3 Å². The van der Waals surface area contributed by atoms with Crippen molar-refractivity contribution in [1.29, 1.82) is 0 Å². The number of nitrogens with one attached hydrogen (secondary N) is 1. The summed E-state index contributed by atoms with van der Waals surface area (Å²) in [6.07, 6.45) is 0.839. The summed E-state index contributed by atoms with van der Waals surface area (Å²) >= 11 is 18.1. The van der Waals surface area contributed by atoms with Crippen LogP contribution in [0.5, 0.6) is 5.75 Å². The van der Waals surface area contributed by atoms with Crippen LogP contribution in [0, 0.1) is 0 Å². The van der Waals surface area contributed by atoms with Gasteiger partial charge >= 0.3 is 0 Å². The van der Waals surface area contributed by atoms with Crippen LogP contribution in [0.3, 0.4) is 0 Å². The Bertz CT molecular complexity index is 649. The summed E-state index contributed by atoms with van der Waals surface area (Å²) in [5, 5.41) is 3.96. The highest BCUT2D eigenvalue weighted by molar-refractivity contribution is 6.37. The van der Waals surface area contributed by atoms with Gasteiger partial charge in [0.05, 0.1) is 16.7 Å². The molecular formula is C16H14Cl3NO2. The van der Waals surface area contributed by atoms with Crippen molar-refractivity contribution in [2.45, 2.75) is 13.3 Å². The van der Waals surface area contributed by atoms with Gasteiger partial charge in [0.15, 0.2) is 5.75 Å². The average molecular weight is 359 g/mol. The molecule has 6 heteroatoms. The molecule has 2 aromatic rings. The molecule has 0 atom stereocenters. The Labute approximate surface area is 144 Å². The Kier molecular flexibility index (Phi) is 5.95. The highest BCUT2D eigenvalue weighted by Crippen LogP contribution is 2.34. The first-order valence-corrected chi connectivity index (χ1v) is 7.83. The average Bonchev–Trinajstić information content (AvgIpc) is 2.48. The highest BCUT2D eigenvalue weighted by Gasteiger charge is 2.14. The van der Waals surface area contributed by atoms with Gasteiger partial charge in [-0.3, -0.25) is 4.79 Å². The summed E-state index contributed by atoms with van der Waals surface area (Å²) < 4.78 is 5.47. The van der Waals surface area contributed by atoms with Crippen LogP contribution in [0.2, 0.25) is 15.1 Å². The monoisotopic (exact) mass is 357 g/mol. The molecule has 0 fully saturated rings. The molecule has 1 N–H and O–H groups in total. The van der Waals surface area contributed by atoms with E-state index >= 15 is 0 Å². The van der Waals surface area contributed by atoms with Gasteiger partial charge in [0.25, 0.3) is 5.91 Å². The fraction of sp³-hybridized carbons (Fsp3) is 0.188. The third kappa shape index (κ3) is 4.29. The van der Waals surface area contributed by atoms with Crippen molar-refractivity contribution in [2.24, 2.45) is 0 Å². The molecule has 0 aromatic heterocycles. The zero-order chi connectivity index (χ0) is 16.1. The van der Waals surface area contributed by atoms with E-state index in [1.807, 2.05) is 6.92 Å². The van der Waals surface area contributed by atoms with Crippen molar-refractivity contribution >= 4 is 46.4 Å². The second kappa shape index (κ2) is 7.73. The first-order chi connectivity index (χ1) is 10.5. The maximum Gasteiger partial charge on any atom is 0.255 e. The minimum atomic E-state index is -0.312. The molecule has 3 nitrogen and oxygen atoms in total.